The lowest BCUT2D eigenvalue weighted by Gasteiger charge is -2.21. The van der Waals surface area contributed by atoms with Gasteiger partial charge in [-0.2, -0.15) is 0 Å². The zero-order valence-corrected chi connectivity index (χ0v) is 19.7. The number of nitrogens with zero attached hydrogens (tertiary/aromatic N) is 1. The molecule has 0 amide bonds. The number of rotatable bonds is 8. The molecule has 1 atom stereocenters. The van der Waals surface area contributed by atoms with Crippen molar-refractivity contribution < 1.29 is 23.7 Å². The van der Waals surface area contributed by atoms with Crippen LogP contribution in [0.25, 0.3) is 10.9 Å². The Hall–Kier alpha value is -3.00. The second-order valence-corrected chi connectivity index (χ2v) is 7.61. The number of hydrogen-bond donors (Lipinski definition) is 1. The second-order valence-electron chi connectivity index (χ2n) is 6.75. The standard InChI is InChI=1S/C23H25BrN2O5/c1-6-31-23(27)17-12-25-22-16(10-15(28-3)11-20(22)30-5)21(17)26-13(2)14-7-8-19(29-4)18(24)9-14/h7-13H,6H2,1-5H3,(H,25,26). The average molecular weight is 489 g/mol. The monoisotopic (exact) mass is 488 g/mol. The van der Waals surface area contributed by atoms with E-state index in [4.69, 9.17) is 18.9 Å². The Kier molecular flexibility index (Phi) is 7.22. The zero-order valence-electron chi connectivity index (χ0n) is 18.1. The van der Waals surface area contributed by atoms with Crippen LogP contribution in [0.4, 0.5) is 5.69 Å². The molecular weight excluding hydrogens is 464 g/mol. The van der Waals surface area contributed by atoms with Gasteiger partial charge in [0.2, 0.25) is 0 Å². The average Bonchev–Trinajstić information content (AvgIpc) is 2.78. The molecule has 164 valence electrons. The van der Waals surface area contributed by atoms with Gasteiger partial charge in [-0.15, -0.1) is 0 Å². The van der Waals surface area contributed by atoms with E-state index >= 15 is 0 Å². The van der Waals surface area contributed by atoms with Crippen molar-refractivity contribution in [2.45, 2.75) is 19.9 Å². The first-order valence-electron chi connectivity index (χ1n) is 9.75. The van der Waals surface area contributed by atoms with Crippen molar-refractivity contribution in [1.29, 1.82) is 0 Å². The Labute approximate surface area is 189 Å². The van der Waals surface area contributed by atoms with Gasteiger partial charge in [-0.25, -0.2) is 4.79 Å². The molecule has 0 bridgehead atoms. The van der Waals surface area contributed by atoms with E-state index in [1.807, 2.05) is 31.2 Å². The summed E-state index contributed by atoms with van der Waals surface area (Å²) < 4.78 is 22.3. The lowest BCUT2D eigenvalue weighted by molar-refractivity contribution is 0.0527. The van der Waals surface area contributed by atoms with Crippen LogP contribution in [0.3, 0.4) is 0 Å². The van der Waals surface area contributed by atoms with Crippen molar-refractivity contribution >= 4 is 38.5 Å². The van der Waals surface area contributed by atoms with E-state index in [2.05, 4.69) is 26.2 Å². The normalized spacial score (nSPS) is 11.7. The number of aromatic nitrogens is 1. The number of ether oxygens (including phenoxy) is 4. The van der Waals surface area contributed by atoms with Crippen LogP contribution in [0.2, 0.25) is 0 Å². The first-order chi connectivity index (χ1) is 14.9. The summed E-state index contributed by atoms with van der Waals surface area (Å²) in [5.74, 6) is 1.43. The molecule has 0 radical (unpaired) electrons. The highest BCUT2D eigenvalue weighted by atomic mass is 79.9. The van der Waals surface area contributed by atoms with Crippen molar-refractivity contribution in [3.8, 4) is 17.2 Å². The van der Waals surface area contributed by atoms with Crippen molar-refractivity contribution in [3.05, 3.63) is 52.1 Å². The molecule has 1 N–H and O–H groups in total. The van der Waals surface area contributed by atoms with Crippen molar-refractivity contribution in [2.75, 3.05) is 33.3 Å². The predicted octanol–water partition coefficient (Wildman–Crippen LogP) is 5.37. The largest absolute Gasteiger partial charge is 0.497 e. The first kappa shape index (κ1) is 22.7. The molecule has 2 aromatic carbocycles. The van der Waals surface area contributed by atoms with Crippen molar-refractivity contribution in [1.82, 2.24) is 4.98 Å². The van der Waals surface area contributed by atoms with Gasteiger partial charge in [-0.05, 0) is 53.5 Å². The van der Waals surface area contributed by atoms with E-state index in [0.29, 0.717) is 33.7 Å². The highest BCUT2D eigenvalue weighted by molar-refractivity contribution is 9.10. The predicted molar refractivity (Wildman–Crippen MR) is 124 cm³/mol. The number of esters is 1. The number of pyridine rings is 1. The highest BCUT2D eigenvalue weighted by Gasteiger charge is 2.21. The van der Waals surface area contributed by atoms with E-state index < -0.39 is 5.97 Å². The number of benzene rings is 2. The third-order valence-electron chi connectivity index (χ3n) is 4.90. The maximum Gasteiger partial charge on any atom is 0.341 e. The molecule has 0 aliphatic carbocycles. The number of anilines is 1. The minimum atomic E-state index is -0.454. The molecule has 0 aliphatic rings. The summed E-state index contributed by atoms with van der Waals surface area (Å²) in [6.45, 7) is 4.04. The summed E-state index contributed by atoms with van der Waals surface area (Å²) >= 11 is 3.53. The Balaban J connectivity index is 2.15. The van der Waals surface area contributed by atoms with Crippen LogP contribution < -0.4 is 19.5 Å². The number of methoxy groups -OCH3 is 3. The van der Waals surface area contributed by atoms with Gasteiger partial charge in [0.15, 0.2) is 0 Å². The summed E-state index contributed by atoms with van der Waals surface area (Å²) in [5.41, 5.74) is 2.55. The smallest absolute Gasteiger partial charge is 0.341 e. The summed E-state index contributed by atoms with van der Waals surface area (Å²) in [6, 6.07) is 9.28. The molecule has 1 heterocycles. The Morgan fingerprint density at radius 1 is 1.10 bits per heavy atom. The van der Waals surface area contributed by atoms with Gasteiger partial charge >= 0.3 is 5.97 Å². The SMILES string of the molecule is CCOC(=O)c1cnc2c(OC)cc(OC)cc2c1NC(C)c1ccc(OC)c(Br)c1. The molecule has 7 nitrogen and oxygen atoms in total. The van der Waals surface area contributed by atoms with Crippen LogP contribution in [0.15, 0.2) is 41.0 Å². The Bertz CT molecular complexity index is 1100. The molecular formula is C23H25BrN2O5. The van der Waals surface area contributed by atoms with Crippen LogP contribution in [-0.4, -0.2) is 38.9 Å². The second kappa shape index (κ2) is 9.87. The van der Waals surface area contributed by atoms with E-state index in [9.17, 15) is 4.79 Å². The summed E-state index contributed by atoms with van der Waals surface area (Å²) in [7, 11) is 4.77. The number of carbonyl (C=O) groups excluding carboxylic acids is 1. The first-order valence-corrected chi connectivity index (χ1v) is 10.5. The van der Waals surface area contributed by atoms with Gasteiger partial charge < -0.3 is 24.3 Å². The minimum Gasteiger partial charge on any atom is -0.497 e. The fourth-order valence-corrected chi connectivity index (χ4v) is 3.85. The summed E-state index contributed by atoms with van der Waals surface area (Å²) in [5, 5.41) is 4.16. The van der Waals surface area contributed by atoms with Crippen LogP contribution in [0.5, 0.6) is 17.2 Å². The lowest BCUT2D eigenvalue weighted by atomic mass is 10.0. The van der Waals surface area contributed by atoms with Gasteiger partial charge in [0.1, 0.15) is 28.3 Å². The quantitative estimate of drug-likeness (QED) is 0.426. The van der Waals surface area contributed by atoms with Crippen LogP contribution in [-0.2, 0) is 4.74 Å². The van der Waals surface area contributed by atoms with E-state index in [1.165, 1.54) is 6.20 Å². The molecule has 0 fully saturated rings. The highest BCUT2D eigenvalue weighted by Crippen LogP contribution is 2.38. The molecule has 8 heteroatoms. The molecule has 0 saturated heterocycles. The van der Waals surface area contributed by atoms with E-state index in [0.717, 1.165) is 15.8 Å². The maximum atomic E-state index is 12.7. The fraction of sp³-hybridized carbons (Fsp3) is 0.304. The van der Waals surface area contributed by atoms with Gasteiger partial charge in [0.05, 0.1) is 38.1 Å². The maximum absolute atomic E-state index is 12.7. The zero-order chi connectivity index (χ0) is 22.5. The molecule has 3 rings (SSSR count). The Morgan fingerprint density at radius 2 is 1.84 bits per heavy atom. The van der Waals surface area contributed by atoms with Gasteiger partial charge in [-0.1, -0.05) is 6.07 Å². The molecule has 1 aromatic heterocycles. The summed E-state index contributed by atoms with van der Waals surface area (Å²) in [6.07, 6.45) is 1.51. The third-order valence-corrected chi connectivity index (χ3v) is 5.52. The number of fused-ring (bicyclic) bond motifs is 1. The van der Waals surface area contributed by atoms with Gasteiger partial charge in [-0.3, -0.25) is 4.98 Å². The van der Waals surface area contributed by atoms with Crippen LogP contribution in [0.1, 0.15) is 35.8 Å². The molecule has 0 spiro atoms. The number of nitrogens with one attached hydrogen (secondary N) is 1. The molecule has 0 saturated carbocycles. The summed E-state index contributed by atoms with van der Waals surface area (Å²) in [4.78, 5) is 17.1. The number of hydrogen-bond acceptors (Lipinski definition) is 7. The molecule has 1 unspecified atom stereocenters. The number of carbonyl (C=O) groups is 1. The van der Waals surface area contributed by atoms with Gasteiger partial charge in [0.25, 0.3) is 0 Å². The molecule has 31 heavy (non-hydrogen) atoms. The fourth-order valence-electron chi connectivity index (χ4n) is 3.29. The van der Waals surface area contributed by atoms with Crippen molar-refractivity contribution in [3.63, 3.8) is 0 Å². The number of halogens is 1. The Morgan fingerprint density at radius 3 is 2.45 bits per heavy atom. The third kappa shape index (κ3) is 4.69. The van der Waals surface area contributed by atoms with Crippen LogP contribution >= 0.6 is 15.9 Å². The molecule has 0 aliphatic heterocycles. The van der Waals surface area contributed by atoms with Crippen LogP contribution in [0, 0.1) is 0 Å². The van der Waals surface area contributed by atoms with Crippen molar-refractivity contribution in [2.24, 2.45) is 0 Å². The topological polar surface area (TPSA) is 78.9 Å². The van der Waals surface area contributed by atoms with Gasteiger partial charge in [0, 0.05) is 23.7 Å². The molecule has 3 aromatic rings. The van der Waals surface area contributed by atoms with E-state index in [1.54, 1.807) is 34.3 Å². The van der Waals surface area contributed by atoms with E-state index in [-0.39, 0.29) is 12.6 Å². The lowest BCUT2D eigenvalue weighted by Crippen LogP contribution is -2.14. The minimum absolute atomic E-state index is 0.141.